The average molecular weight is 488 g/mol. The number of benzene rings is 2. The van der Waals surface area contributed by atoms with Gasteiger partial charge in [0.05, 0.1) is 30.0 Å². The number of carbonyl (C=O) groups excluding carboxylic acids is 2. The molecule has 2 aromatic carbocycles. The van der Waals surface area contributed by atoms with Crippen molar-refractivity contribution >= 4 is 29.0 Å². The number of pyridine rings is 1. The molecule has 1 saturated heterocycles. The molecule has 2 amide bonds. The number of carbonyl (C=O) groups is 2. The number of morpholine rings is 1. The summed E-state index contributed by atoms with van der Waals surface area (Å²) in [7, 11) is 0. The molecule has 1 aliphatic carbocycles. The van der Waals surface area contributed by atoms with Crippen molar-refractivity contribution in [3.05, 3.63) is 78.0 Å². The van der Waals surface area contributed by atoms with Crippen LogP contribution in [0.3, 0.4) is 0 Å². The van der Waals surface area contributed by atoms with Gasteiger partial charge in [-0.2, -0.15) is 0 Å². The molecule has 2 aliphatic rings. The lowest BCUT2D eigenvalue weighted by atomic mass is 10.0. The van der Waals surface area contributed by atoms with Crippen molar-refractivity contribution in [2.45, 2.75) is 18.4 Å². The molecule has 1 aliphatic heterocycles. The van der Waals surface area contributed by atoms with Crippen LogP contribution in [0.15, 0.2) is 66.9 Å². The number of amides is 2. The molecule has 5 rings (SSSR count). The first kappa shape index (κ1) is 23.6. The quantitative estimate of drug-likeness (QED) is 0.424. The predicted molar refractivity (Wildman–Crippen MR) is 136 cm³/mol. The van der Waals surface area contributed by atoms with Crippen molar-refractivity contribution in [3.63, 3.8) is 0 Å². The van der Waals surface area contributed by atoms with Crippen LogP contribution in [0.25, 0.3) is 0 Å². The molecule has 1 saturated carbocycles. The van der Waals surface area contributed by atoms with E-state index in [9.17, 15) is 9.59 Å². The third kappa shape index (κ3) is 5.41. The van der Waals surface area contributed by atoms with Gasteiger partial charge < -0.3 is 30.7 Å². The Labute approximate surface area is 209 Å². The van der Waals surface area contributed by atoms with Crippen LogP contribution >= 0.6 is 0 Å². The topological polar surface area (TPSA) is 119 Å². The third-order valence-corrected chi connectivity index (χ3v) is 6.45. The van der Waals surface area contributed by atoms with Crippen LogP contribution in [0, 0.1) is 0 Å². The van der Waals surface area contributed by atoms with Crippen LogP contribution < -0.4 is 21.1 Å². The number of primary amides is 1. The van der Waals surface area contributed by atoms with Gasteiger partial charge in [-0.25, -0.2) is 4.98 Å². The largest absolute Gasteiger partial charge is 0.484 e. The first-order chi connectivity index (χ1) is 17.5. The van der Waals surface area contributed by atoms with Gasteiger partial charge in [-0.05, 0) is 30.5 Å². The highest BCUT2D eigenvalue weighted by Crippen LogP contribution is 2.48. The Kier molecular flexibility index (Phi) is 6.73. The van der Waals surface area contributed by atoms with E-state index in [1.165, 1.54) is 11.8 Å². The lowest BCUT2D eigenvalue weighted by molar-refractivity contribution is -0.137. The van der Waals surface area contributed by atoms with Gasteiger partial charge in [0.15, 0.2) is 6.61 Å². The molecule has 186 valence electrons. The molecule has 3 aromatic rings. The molecular formula is C27H29N5O4. The van der Waals surface area contributed by atoms with E-state index >= 15 is 0 Å². The molecule has 0 radical (unpaired) electrons. The van der Waals surface area contributed by atoms with E-state index in [1.807, 2.05) is 30.3 Å². The zero-order valence-electron chi connectivity index (χ0n) is 19.9. The van der Waals surface area contributed by atoms with Crippen LogP contribution in [-0.4, -0.2) is 54.6 Å². The standard InChI is InChI=1S/C27H29N5O4/c28-26(34)22-17-29-24(16-23(22)31-27(9-10-27)19-5-2-1-3-6-19)30-20-7-4-8-21(15-20)36-18-25(33)32-11-13-35-14-12-32/h1-8,15-17H,9-14,18H2,(H2,28,34)(H2,29,30,31). The number of nitrogens with zero attached hydrogens (tertiary/aromatic N) is 2. The van der Waals surface area contributed by atoms with Gasteiger partial charge in [-0.15, -0.1) is 0 Å². The van der Waals surface area contributed by atoms with Gasteiger partial charge in [0.1, 0.15) is 11.6 Å². The summed E-state index contributed by atoms with van der Waals surface area (Å²) >= 11 is 0. The predicted octanol–water partition coefficient (Wildman–Crippen LogP) is 3.26. The van der Waals surface area contributed by atoms with E-state index in [4.69, 9.17) is 15.2 Å². The summed E-state index contributed by atoms with van der Waals surface area (Å²) in [6, 6.07) is 19.3. The van der Waals surface area contributed by atoms with Crippen molar-refractivity contribution in [1.29, 1.82) is 0 Å². The fraction of sp³-hybridized carbons (Fsp3) is 0.296. The summed E-state index contributed by atoms with van der Waals surface area (Å²) in [6.45, 7) is 2.23. The molecule has 36 heavy (non-hydrogen) atoms. The minimum absolute atomic E-state index is 0.0371. The van der Waals surface area contributed by atoms with Gasteiger partial charge in [0.2, 0.25) is 0 Å². The number of nitrogens with one attached hydrogen (secondary N) is 2. The highest BCUT2D eigenvalue weighted by Gasteiger charge is 2.44. The zero-order valence-corrected chi connectivity index (χ0v) is 19.9. The second-order valence-electron chi connectivity index (χ2n) is 8.99. The summed E-state index contributed by atoms with van der Waals surface area (Å²) in [5, 5.41) is 6.79. The maximum atomic E-state index is 12.4. The fourth-order valence-corrected chi connectivity index (χ4v) is 4.31. The number of hydrogen-bond acceptors (Lipinski definition) is 7. The Morgan fingerprint density at radius 1 is 1.06 bits per heavy atom. The molecule has 0 bridgehead atoms. The summed E-state index contributed by atoms with van der Waals surface area (Å²) in [5.41, 5.74) is 8.29. The number of hydrogen-bond donors (Lipinski definition) is 3. The molecule has 0 spiro atoms. The van der Waals surface area contributed by atoms with E-state index < -0.39 is 5.91 Å². The van der Waals surface area contributed by atoms with Crippen LogP contribution in [0.4, 0.5) is 17.2 Å². The second kappa shape index (κ2) is 10.2. The van der Waals surface area contributed by atoms with E-state index in [0.717, 1.165) is 18.5 Å². The Morgan fingerprint density at radius 3 is 2.56 bits per heavy atom. The minimum atomic E-state index is -0.541. The number of aromatic nitrogens is 1. The van der Waals surface area contributed by atoms with E-state index in [-0.39, 0.29) is 18.1 Å². The first-order valence-corrected chi connectivity index (χ1v) is 12.0. The molecule has 9 nitrogen and oxygen atoms in total. The second-order valence-corrected chi connectivity index (χ2v) is 8.99. The number of ether oxygens (including phenoxy) is 2. The van der Waals surface area contributed by atoms with Crippen LogP contribution in [0.5, 0.6) is 5.75 Å². The molecule has 2 fully saturated rings. The summed E-state index contributed by atoms with van der Waals surface area (Å²) in [5.74, 6) is 0.506. The molecular weight excluding hydrogens is 458 g/mol. The molecule has 1 aromatic heterocycles. The fourth-order valence-electron chi connectivity index (χ4n) is 4.31. The molecule has 0 atom stereocenters. The summed E-state index contributed by atoms with van der Waals surface area (Å²) in [4.78, 5) is 30.6. The molecule has 0 unspecified atom stereocenters. The van der Waals surface area contributed by atoms with Gasteiger partial charge in [-0.3, -0.25) is 9.59 Å². The Balaban J connectivity index is 1.29. The zero-order chi connectivity index (χ0) is 25.0. The third-order valence-electron chi connectivity index (χ3n) is 6.45. The number of anilines is 3. The number of rotatable bonds is 9. The monoisotopic (exact) mass is 487 g/mol. The maximum absolute atomic E-state index is 12.4. The van der Waals surface area contributed by atoms with E-state index in [0.29, 0.717) is 49.1 Å². The van der Waals surface area contributed by atoms with Crippen molar-refractivity contribution < 1.29 is 19.1 Å². The van der Waals surface area contributed by atoms with Crippen molar-refractivity contribution in [2.24, 2.45) is 5.73 Å². The SMILES string of the molecule is NC(=O)c1cnc(Nc2cccc(OCC(=O)N3CCOCC3)c2)cc1NC1(c2ccccc2)CC1. The Bertz CT molecular complexity index is 1240. The maximum Gasteiger partial charge on any atom is 0.260 e. The van der Waals surface area contributed by atoms with Crippen LogP contribution in [-0.2, 0) is 15.1 Å². The molecule has 9 heteroatoms. The highest BCUT2D eigenvalue weighted by molar-refractivity contribution is 5.99. The van der Waals surface area contributed by atoms with Crippen molar-refractivity contribution in [1.82, 2.24) is 9.88 Å². The van der Waals surface area contributed by atoms with Gasteiger partial charge in [0.25, 0.3) is 11.8 Å². The van der Waals surface area contributed by atoms with Gasteiger partial charge >= 0.3 is 0 Å². The lowest BCUT2D eigenvalue weighted by Crippen LogP contribution is -2.42. The average Bonchev–Trinajstić information content (AvgIpc) is 3.69. The van der Waals surface area contributed by atoms with E-state index in [1.54, 1.807) is 23.1 Å². The highest BCUT2D eigenvalue weighted by atomic mass is 16.5. The van der Waals surface area contributed by atoms with Gasteiger partial charge in [-0.1, -0.05) is 36.4 Å². The number of nitrogens with two attached hydrogens (primary N) is 1. The first-order valence-electron chi connectivity index (χ1n) is 12.0. The Hall–Kier alpha value is -4.11. The molecule has 2 heterocycles. The normalized spacial score (nSPS) is 16.2. The van der Waals surface area contributed by atoms with Gasteiger partial charge in [0, 0.05) is 37.1 Å². The smallest absolute Gasteiger partial charge is 0.260 e. The van der Waals surface area contributed by atoms with Crippen LogP contribution in [0.1, 0.15) is 28.8 Å². The minimum Gasteiger partial charge on any atom is -0.484 e. The summed E-state index contributed by atoms with van der Waals surface area (Å²) in [6.07, 6.45) is 3.40. The summed E-state index contributed by atoms with van der Waals surface area (Å²) < 4.78 is 11.0. The van der Waals surface area contributed by atoms with Crippen molar-refractivity contribution in [2.75, 3.05) is 43.5 Å². The Morgan fingerprint density at radius 2 is 1.83 bits per heavy atom. The van der Waals surface area contributed by atoms with E-state index in [2.05, 4.69) is 27.8 Å². The molecule has 4 N–H and O–H groups in total. The van der Waals surface area contributed by atoms with Crippen molar-refractivity contribution in [3.8, 4) is 5.75 Å². The van der Waals surface area contributed by atoms with Crippen LogP contribution in [0.2, 0.25) is 0 Å². The lowest BCUT2D eigenvalue weighted by Gasteiger charge is -2.26.